The highest BCUT2D eigenvalue weighted by atomic mass is 35.5. The van der Waals surface area contributed by atoms with Crippen LogP contribution < -0.4 is 0 Å². The molecule has 3 nitrogen and oxygen atoms in total. The first-order chi connectivity index (χ1) is 9.40. The van der Waals surface area contributed by atoms with Gasteiger partial charge in [-0.2, -0.15) is 13.2 Å². The zero-order chi connectivity index (χ0) is 14.8. The summed E-state index contributed by atoms with van der Waals surface area (Å²) in [6, 6.07) is 6.18. The average Bonchev–Trinajstić information content (AvgIpc) is 2.37. The van der Waals surface area contributed by atoms with Gasteiger partial charge in [-0.1, -0.05) is 23.7 Å². The fraction of sp³-hybridized carbons (Fsp3) is 0.231. The van der Waals surface area contributed by atoms with Crippen LogP contribution in [0.25, 0.3) is 11.3 Å². The van der Waals surface area contributed by atoms with Crippen molar-refractivity contribution in [3.05, 3.63) is 46.9 Å². The molecule has 0 bridgehead atoms. The summed E-state index contributed by atoms with van der Waals surface area (Å²) in [5.41, 5.74) is 0.268. The number of aromatic nitrogens is 2. The van der Waals surface area contributed by atoms with E-state index in [0.29, 0.717) is 17.1 Å². The number of halogens is 4. The Balaban J connectivity index is 2.36. The standard InChI is InChI=1S/C13H10ClF3N2O/c1-20-7-12-18-10(6-11(14)19-12)8-2-4-9(5-3-8)13(15,16)17/h2-6H,7H2,1H3. The van der Waals surface area contributed by atoms with E-state index in [2.05, 4.69) is 9.97 Å². The maximum Gasteiger partial charge on any atom is 0.416 e. The van der Waals surface area contributed by atoms with Crippen molar-refractivity contribution in [3.8, 4) is 11.3 Å². The smallest absolute Gasteiger partial charge is 0.377 e. The molecule has 7 heteroatoms. The van der Waals surface area contributed by atoms with Gasteiger partial charge in [0.2, 0.25) is 0 Å². The molecule has 0 spiro atoms. The van der Waals surface area contributed by atoms with Crippen LogP contribution in [0.4, 0.5) is 13.2 Å². The van der Waals surface area contributed by atoms with Crippen molar-refractivity contribution in [1.29, 1.82) is 0 Å². The summed E-state index contributed by atoms with van der Waals surface area (Å²) >= 11 is 5.85. The van der Waals surface area contributed by atoms with Gasteiger partial charge in [0.25, 0.3) is 0 Å². The fourth-order valence-corrected chi connectivity index (χ4v) is 1.84. The summed E-state index contributed by atoms with van der Waals surface area (Å²) in [6.07, 6.45) is -4.36. The summed E-state index contributed by atoms with van der Waals surface area (Å²) in [5, 5.41) is 0.210. The largest absolute Gasteiger partial charge is 0.416 e. The Hall–Kier alpha value is -1.66. The van der Waals surface area contributed by atoms with E-state index < -0.39 is 11.7 Å². The predicted octanol–water partition coefficient (Wildman–Crippen LogP) is 3.96. The first kappa shape index (κ1) is 14.7. The molecule has 1 aromatic heterocycles. The molecule has 0 N–H and O–H groups in total. The number of benzene rings is 1. The minimum Gasteiger partial charge on any atom is -0.377 e. The fourth-order valence-electron chi connectivity index (χ4n) is 1.64. The minimum absolute atomic E-state index is 0.175. The Kier molecular flexibility index (Phi) is 4.25. The monoisotopic (exact) mass is 302 g/mol. The van der Waals surface area contributed by atoms with E-state index in [0.717, 1.165) is 12.1 Å². The lowest BCUT2D eigenvalue weighted by atomic mass is 10.1. The molecule has 0 saturated carbocycles. The quantitative estimate of drug-likeness (QED) is 0.805. The van der Waals surface area contributed by atoms with Crippen LogP contribution in [0.1, 0.15) is 11.4 Å². The Morgan fingerprint density at radius 3 is 2.35 bits per heavy atom. The van der Waals surface area contributed by atoms with Crippen LogP contribution in [0.15, 0.2) is 30.3 Å². The van der Waals surface area contributed by atoms with E-state index >= 15 is 0 Å². The zero-order valence-electron chi connectivity index (χ0n) is 10.4. The van der Waals surface area contributed by atoms with Gasteiger partial charge >= 0.3 is 6.18 Å². The molecule has 0 atom stereocenters. The third-order valence-electron chi connectivity index (χ3n) is 2.52. The summed E-state index contributed by atoms with van der Waals surface area (Å²) in [4.78, 5) is 8.14. The molecule has 0 aliphatic carbocycles. The molecule has 0 unspecified atom stereocenters. The maximum absolute atomic E-state index is 12.5. The molecule has 1 aromatic carbocycles. The summed E-state index contributed by atoms with van der Waals surface area (Å²) < 4.78 is 42.4. The average molecular weight is 303 g/mol. The molecule has 0 amide bonds. The van der Waals surface area contributed by atoms with E-state index in [4.69, 9.17) is 16.3 Å². The molecular weight excluding hydrogens is 293 g/mol. The molecule has 1 heterocycles. The highest BCUT2D eigenvalue weighted by molar-refractivity contribution is 6.29. The van der Waals surface area contributed by atoms with Crippen LogP contribution in [-0.2, 0) is 17.5 Å². The molecule has 0 saturated heterocycles. The van der Waals surface area contributed by atoms with Crippen molar-refractivity contribution >= 4 is 11.6 Å². The van der Waals surface area contributed by atoms with Crippen molar-refractivity contribution in [3.63, 3.8) is 0 Å². The summed E-state index contributed by atoms with van der Waals surface area (Å²) in [5.74, 6) is 0.370. The van der Waals surface area contributed by atoms with Crippen LogP contribution in [-0.4, -0.2) is 17.1 Å². The summed E-state index contributed by atoms with van der Waals surface area (Å²) in [6.45, 7) is 0.175. The number of hydrogen-bond donors (Lipinski definition) is 0. The minimum atomic E-state index is -4.36. The summed E-state index contributed by atoms with van der Waals surface area (Å²) in [7, 11) is 1.49. The van der Waals surface area contributed by atoms with E-state index in [1.807, 2.05) is 0 Å². The van der Waals surface area contributed by atoms with Gasteiger partial charge in [-0.05, 0) is 12.1 Å². The van der Waals surface area contributed by atoms with Gasteiger partial charge in [0.05, 0.1) is 11.3 Å². The van der Waals surface area contributed by atoms with Crippen molar-refractivity contribution in [2.75, 3.05) is 7.11 Å². The van der Waals surface area contributed by atoms with Gasteiger partial charge in [-0.25, -0.2) is 9.97 Å². The maximum atomic E-state index is 12.5. The Morgan fingerprint density at radius 2 is 1.80 bits per heavy atom. The van der Waals surface area contributed by atoms with E-state index in [1.54, 1.807) is 0 Å². The third-order valence-corrected chi connectivity index (χ3v) is 2.72. The van der Waals surface area contributed by atoms with E-state index in [9.17, 15) is 13.2 Å². The number of alkyl halides is 3. The second-order valence-electron chi connectivity index (χ2n) is 4.00. The first-order valence-electron chi connectivity index (χ1n) is 5.60. The van der Waals surface area contributed by atoms with Gasteiger partial charge in [0.1, 0.15) is 11.8 Å². The molecular formula is C13H10ClF3N2O. The zero-order valence-corrected chi connectivity index (χ0v) is 11.2. The van der Waals surface area contributed by atoms with Gasteiger partial charge in [-0.15, -0.1) is 0 Å². The predicted molar refractivity (Wildman–Crippen MR) is 68.2 cm³/mol. The van der Waals surface area contributed by atoms with Crippen molar-refractivity contribution in [2.24, 2.45) is 0 Å². The number of nitrogens with zero attached hydrogens (tertiary/aromatic N) is 2. The lowest BCUT2D eigenvalue weighted by Crippen LogP contribution is -2.04. The van der Waals surface area contributed by atoms with Crippen molar-refractivity contribution in [2.45, 2.75) is 12.8 Å². The van der Waals surface area contributed by atoms with Gasteiger partial charge in [0.15, 0.2) is 5.82 Å². The third kappa shape index (κ3) is 3.46. The highest BCUT2D eigenvalue weighted by Crippen LogP contribution is 2.30. The van der Waals surface area contributed by atoms with Crippen LogP contribution in [0.5, 0.6) is 0 Å². The molecule has 0 aliphatic heterocycles. The highest BCUT2D eigenvalue weighted by Gasteiger charge is 2.30. The Labute approximate surface area is 118 Å². The Bertz CT molecular complexity index is 600. The molecule has 106 valence electrons. The van der Waals surface area contributed by atoms with Crippen LogP contribution in [0, 0.1) is 0 Å². The van der Waals surface area contributed by atoms with E-state index in [1.165, 1.54) is 25.3 Å². The second kappa shape index (κ2) is 5.76. The lowest BCUT2D eigenvalue weighted by molar-refractivity contribution is -0.137. The topological polar surface area (TPSA) is 35.0 Å². The second-order valence-corrected chi connectivity index (χ2v) is 4.39. The molecule has 2 aromatic rings. The molecule has 0 fully saturated rings. The molecule has 20 heavy (non-hydrogen) atoms. The molecule has 0 aliphatic rings. The van der Waals surface area contributed by atoms with Crippen molar-refractivity contribution < 1.29 is 17.9 Å². The van der Waals surface area contributed by atoms with Crippen LogP contribution in [0.3, 0.4) is 0 Å². The van der Waals surface area contributed by atoms with Crippen LogP contribution >= 0.6 is 11.6 Å². The van der Waals surface area contributed by atoms with Crippen molar-refractivity contribution in [1.82, 2.24) is 9.97 Å². The Morgan fingerprint density at radius 1 is 1.15 bits per heavy atom. The van der Waals surface area contributed by atoms with Crippen LogP contribution in [0.2, 0.25) is 5.15 Å². The number of ether oxygens (including phenoxy) is 1. The lowest BCUT2D eigenvalue weighted by Gasteiger charge is -2.08. The molecule has 0 radical (unpaired) electrons. The molecule has 2 rings (SSSR count). The van der Waals surface area contributed by atoms with Gasteiger partial charge in [0, 0.05) is 18.7 Å². The normalized spacial score (nSPS) is 11.7. The van der Waals surface area contributed by atoms with Gasteiger partial charge in [-0.3, -0.25) is 0 Å². The SMILES string of the molecule is COCc1nc(Cl)cc(-c2ccc(C(F)(F)F)cc2)n1. The van der Waals surface area contributed by atoms with Gasteiger partial charge < -0.3 is 4.74 Å². The first-order valence-corrected chi connectivity index (χ1v) is 5.98. The number of rotatable bonds is 3. The number of methoxy groups -OCH3 is 1. The number of hydrogen-bond acceptors (Lipinski definition) is 3. The van der Waals surface area contributed by atoms with E-state index in [-0.39, 0.29) is 11.8 Å².